The van der Waals surface area contributed by atoms with Crippen molar-refractivity contribution in [2.45, 2.75) is 50.5 Å². The van der Waals surface area contributed by atoms with E-state index in [9.17, 15) is 18.0 Å². The molecule has 2 aliphatic heterocycles. The Labute approximate surface area is 246 Å². The lowest BCUT2D eigenvalue weighted by molar-refractivity contribution is -0.125. The third-order valence-corrected chi connectivity index (χ3v) is 10.2. The maximum absolute atomic E-state index is 14.1. The summed E-state index contributed by atoms with van der Waals surface area (Å²) in [6.45, 7) is 5.75. The second-order valence-corrected chi connectivity index (χ2v) is 12.9. The van der Waals surface area contributed by atoms with Crippen molar-refractivity contribution in [3.63, 3.8) is 0 Å². The molecule has 0 saturated carbocycles. The van der Waals surface area contributed by atoms with Crippen LogP contribution in [0.1, 0.15) is 36.8 Å². The van der Waals surface area contributed by atoms with Crippen molar-refractivity contribution in [2.75, 3.05) is 34.2 Å². The first-order valence-electron chi connectivity index (χ1n) is 13.8. The molecule has 2 aliphatic rings. The predicted octanol–water partition coefficient (Wildman–Crippen LogP) is 4.68. The largest absolute Gasteiger partial charge is 0.371 e. The van der Waals surface area contributed by atoms with Crippen LogP contribution in [0.5, 0.6) is 0 Å². The standard InChI is InChI=1S/C30H34ClN5O4S/c1-20-18-28(21(2)17-24(20)31)41(39,40)36-26-6-4-3-5-25(26)34-30(38)27(36)19-29(37)33-14-7-22-10-15-35(16-11-22)23-8-12-32-13-9-23/h3-6,8-9,12-13,17-18,22,27H,7,10-11,14-16,19H2,1-2H3,(H,33,37)(H,34,38)/t27-/m1/s1. The quantitative estimate of drug-likeness (QED) is 0.391. The van der Waals surface area contributed by atoms with Crippen molar-refractivity contribution >= 4 is 50.5 Å². The smallest absolute Gasteiger partial charge is 0.265 e. The van der Waals surface area contributed by atoms with Gasteiger partial charge >= 0.3 is 0 Å². The fraction of sp³-hybridized carbons (Fsp3) is 0.367. The first kappa shape index (κ1) is 28.9. The first-order chi connectivity index (χ1) is 19.6. The fourth-order valence-corrected chi connectivity index (χ4v) is 7.72. The van der Waals surface area contributed by atoms with Crippen molar-refractivity contribution in [3.05, 3.63) is 77.1 Å². The minimum atomic E-state index is -4.21. The number of anilines is 3. The van der Waals surface area contributed by atoms with E-state index in [-0.39, 0.29) is 17.2 Å². The number of hydrogen-bond acceptors (Lipinski definition) is 6. The number of hydrogen-bond donors (Lipinski definition) is 2. The summed E-state index contributed by atoms with van der Waals surface area (Å²) >= 11 is 6.23. The van der Waals surface area contributed by atoms with Crippen LogP contribution in [0.2, 0.25) is 5.02 Å². The molecule has 41 heavy (non-hydrogen) atoms. The van der Waals surface area contributed by atoms with Crippen molar-refractivity contribution in [3.8, 4) is 0 Å². The minimum Gasteiger partial charge on any atom is -0.371 e. The van der Waals surface area contributed by atoms with Crippen molar-refractivity contribution in [1.82, 2.24) is 10.3 Å². The Morgan fingerprint density at radius 2 is 1.78 bits per heavy atom. The Balaban J connectivity index is 1.27. The summed E-state index contributed by atoms with van der Waals surface area (Å²) in [6, 6.07) is 12.6. The number of piperidine rings is 1. The maximum Gasteiger partial charge on any atom is 0.265 e. The van der Waals surface area contributed by atoms with Gasteiger partial charge in [-0.2, -0.15) is 0 Å². The van der Waals surface area contributed by atoms with E-state index in [1.165, 1.54) is 11.8 Å². The van der Waals surface area contributed by atoms with Crippen LogP contribution in [0, 0.1) is 19.8 Å². The summed E-state index contributed by atoms with van der Waals surface area (Å²) in [4.78, 5) is 32.8. The molecule has 1 atom stereocenters. The highest BCUT2D eigenvalue weighted by atomic mass is 35.5. The summed E-state index contributed by atoms with van der Waals surface area (Å²) in [7, 11) is -4.21. The zero-order valence-corrected chi connectivity index (χ0v) is 24.7. The SMILES string of the molecule is Cc1cc(S(=O)(=O)N2c3ccccc3NC(=O)[C@H]2CC(=O)NCCC2CCN(c3ccncc3)CC2)c(C)cc1Cl. The van der Waals surface area contributed by atoms with Gasteiger partial charge in [0.2, 0.25) is 11.8 Å². The van der Waals surface area contributed by atoms with Crippen molar-refractivity contribution in [2.24, 2.45) is 5.92 Å². The van der Waals surface area contributed by atoms with Gasteiger partial charge in [-0.15, -0.1) is 0 Å². The normalized spacial score (nSPS) is 17.6. The fourth-order valence-electron chi connectivity index (χ4n) is 5.57. The molecule has 1 aromatic heterocycles. The Kier molecular flexibility index (Phi) is 8.51. The van der Waals surface area contributed by atoms with Crippen LogP contribution >= 0.6 is 11.6 Å². The average molecular weight is 596 g/mol. The number of carbonyl (C=O) groups is 2. The van der Waals surface area contributed by atoms with E-state index in [1.54, 1.807) is 56.6 Å². The van der Waals surface area contributed by atoms with Crippen LogP contribution in [0.25, 0.3) is 0 Å². The molecule has 216 valence electrons. The molecule has 9 nitrogen and oxygen atoms in total. The first-order valence-corrected chi connectivity index (χ1v) is 15.6. The van der Waals surface area contributed by atoms with Crippen molar-refractivity contribution in [1.29, 1.82) is 0 Å². The Morgan fingerprint density at radius 1 is 1.07 bits per heavy atom. The molecule has 1 fully saturated rings. The topological polar surface area (TPSA) is 112 Å². The molecular formula is C30H34ClN5O4S. The molecule has 5 rings (SSSR count). The molecule has 2 amide bonds. The third kappa shape index (κ3) is 6.18. The number of pyridine rings is 1. The highest BCUT2D eigenvalue weighted by molar-refractivity contribution is 7.93. The highest BCUT2D eigenvalue weighted by Gasteiger charge is 2.42. The molecule has 0 spiro atoms. The zero-order valence-electron chi connectivity index (χ0n) is 23.1. The molecule has 2 aromatic carbocycles. The molecular weight excluding hydrogens is 562 g/mol. The van der Waals surface area contributed by atoms with Crippen LogP contribution in [0.3, 0.4) is 0 Å². The lowest BCUT2D eigenvalue weighted by Crippen LogP contribution is -2.53. The van der Waals surface area contributed by atoms with Gasteiger partial charge in [-0.1, -0.05) is 23.7 Å². The van der Waals surface area contributed by atoms with Gasteiger partial charge in [0.1, 0.15) is 6.04 Å². The number of para-hydroxylation sites is 2. The predicted molar refractivity (Wildman–Crippen MR) is 161 cm³/mol. The summed E-state index contributed by atoms with van der Waals surface area (Å²) in [5.74, 6) is -0.441. The molecule has 11 heteroatoms. The number of nitrogens with zero attached hydrogens (tertiary/aromatic N) is 3. The Bertz CT molecular complexity index is 1540. The molecule has 2 N–H and O–H groups in total. The molecule has 0 aliphatic carbocycles. The number of amides is 2. The number of aromatic nitrogens is 1. The number of benzene rings is 2. The molecule has 0 bridgehead atoms. The van der Waals surface area contributed by atoms with Crippen LogP contribution in [0.15, 0.2) is 65.8 Å². The van der Waals surface area contributed by atoms with Gasteiger partial charge in [-0.3, -0.25) is 18.9 Å². The van der Waals surface area contributed by atoms with E-state index < -0.39 is 22.0 Å². The summed E-state index contributed by atoms with van der Waals surface area (Å²) < 4.78 is 29.3. The molecule has 3 aromatic rings. The number of aryl methyl sites for hydroxylation is 2. The lowest BCUT2D eigenvalue weighted by Gasteiger charge is -2.37. The number of fused-ring (bicyclic) bond motifs is 1. The number of carbonyl (C=O) groups excluding carboxylic acids is 2. The van der Waals surface area contributed by atoms with E-state index in [4.69, 9.17) is 11.6 Å². The molecule has 0 radical (unpaired) electrons. The van der Waals surface area contributed by atoms with E-state index in [0.29, 0.717) is 40.0 Å². The minimum absolute atomic E-state index is 0.0485. The number of sulfonamides is 1. The summed E-state index contributed by atoms with van der Waals surface area (Å²) in [5.41, 5.74) is 2.92. The molecule has 1 saturated heterocycles. The van der Waals surface area contributed by atoms with Crippen LogP contribution in [0.4, 0.5) is 17.1 Å². The van der Waals surface area contributed by atoms with Gasteiger partial charge in [0.05, 0.1) is 22.7 Å². The van der Waals surface area contributed by atoms with Gasteiger partial charge in [-0.05, 0) is 86.6 Å². The van der Waals surface area contributed by atoms with E-state index in [0.717, 1.165) is 36.7 Å². The summed E-state index contributed by atoms with van der Waals surface area (Å²) in [5, 5.41) is 6.16. The Hall–Kier alpha value is -3.63. The summed E-state index contributed by atoms with van der Waals surface area (Å²) in [6.07, 6.45) is 6.16. The van der Waals surface area contributed by atoms with Gasteiger partial charge in [0.15, 0.2) is 0 Å². The lowest BCUT2D eigenvalue weighted by atomic mass is 9.93. The van der Waals surface area contributed by atoms with Gasteiger partial charge in [0, 0.05) is 42.7 Å². The van der Waals surface area contributed by atoms with Gasteiger partial charge in [-0.25, -0.2) is 8.42 Å². The Morgan fingerprint density at radius 3 is 2.51 bits per heavy atom. The van der Waals surface area contributed by atoms with Gasteiger partial charge < -0.3 is 15.5 Å². The van der Waals surface area contributed by atoms with E-state index >= 15 is 0 Å². The second kappa shape index (κ2) is 12.1. The van der Waals surface area contributed by atoms with Crippen molar-refractivity contribution < 1.29 is 18.0 Å². The third-order valence-electron chi connectivity index (χ3n) is 7.87. The zero-order chi connectivity index (χ0) is 29.1. The highest BCUT2D eigenvalue weighted by Crippen LogP contribution is 2.38. The average Bonchev–Trinajstić information content (AvgIpc) is 2.96. The maximum atomic E-state index is 14.1. The van der Waals surface area contributed by atoms with Gasteiger partial charge in [0.25, 0.3) is 10.0 Å². The number of rotatable bonds is 8. The van der Waals surface area contributed by atoms with Crippen LogP contribution < -0.4 is 19.8 Å². The van der Waals surface area contributed by atoms with Crippen LogP contribution in [-0.4, -0.2) is 50.9 Å². The van der Waals surface area contributed by atoms with Crippen LogP contribution in [-0.2, 0) is 19.6 Å². The second-order valence-electron chi connectivity index (χ2n) is 10.7. The molecule has 0 unspecified atom stereocenters. The monoisotopic (exact) mass is 595 g/mol. The molecule has 3 heterocycles. The van der Waals surface area contributed by atoms with E-state index in [2.05, 4.69) is 20.5 Å². The number of halogens is 1. The van der Waals surface area contributed by atoms with E-state index in [1.807, 2.05) is 12.1 Å². The number of nitrogens with one attached hydrogen (secondary N) is 2.